The lowest BCUT2D eigenvalue weighted by molar-refractivity contribution is -0.919. The highest BCUT2D eigenvalue weighted by Gasteiger charge is 2.39. The van der Waals surface area contributed by atoms with Crippen molar-refractivity contribution in [2.24, 2.45) is 11.8 Å². The first-order chi connectivity index (χ1) is 6.13. The van der Waals surface area contributed by atoms with Crippen molar-refractivity contribution in [1.82, 2.24) is 0 Å². The third-order valence-corrected chi connectivity index (χ3v) is 3.59. The van der Waals surface area contributed by atoms with Gasteiger partial charge in [0.05, 0.1) is 26.2 Å². The van der Waals surface area contributed by atoms with Gasteiger partial charge in [0.1, 0.15) is 6.54 Å². The van der Waals surface area contributed by atoms with Crippen molar-refractivity contribution in [2.75, 3.05) is 32.8 Å². The van der Waals surface area contributed by atoms with Gasteiger partial charge in [0, 0.05) is 11.8 Å². The van der Waals surface area contributed by atoms with Gasteiger partial charge in [-0.25, -0.2) is 0 Å². The molecule has 0 saturated carbocycles. The van der Waals surface area contributed by atoms with Crippen molar-refractivity contribution >= 4 is 0 Å². The average Bonchev–Trinajstić information content (AvgIpc) is 2.29. The molecular formula is C11H24NO+. The number of quaternary nitrogens is 1. The molecule has 0 aromatic rings. The van der Waals surface area contributed by atoms with E-state index >= 15 is 0 Å². The van der Waals surface area contributed by atoms with Gasteiger partial charge in [-0.05, 0) is 6.42 Å². The molecule has 1 aliphatic heterocycles. The van der Waals surface area contributed by atoms with E-state index in [9.17, 15) is 0 Å². The van der Waals surface area contributed by atoms with E-state index in [2.05, 4.69) is 20.8 Å². The lowest BCUT2D eigenvalue weighted by Crippen LogP contribution is -2.48. The van der Waals surface area contributed by atoms with Gasteiger partial charge in [0.2, 0.25) is 0 Å². The molecule has 1 rings (SSSR count). The van der Waals surface area contributed by atoms with Gasteiger partial charge >= 0.3 is 0 Å². The molecule has 2 nitrogen and oxygen atoms in total. The van der Waals surface area contributed by atoms with Crippen molar-refractivity contribution in [1.29, 1.82) is 0 Å². The highest BCUT2D eigenvalue weighted by Crippen LogP contribution is 2.29. The second kappa shape index (κ2) is 4.43. The summed E-state index contributed by atoms with van der Waals surface area (Å²) in [7, 11) is 0. The number of nitrogens with zero attached hydrogens (tertiary/aromatic N) is 1. The molecule has 1 heterocycles. The first-order valence-electron chi connectivity index (χ1n) is 5.59. The van der Waals surface area contributed by atoms with E-state index in [1.807, 2.05) is 0 Å². The average molecular weight is 186 g/mol. The van der Waals surface area contributed by atoms with Gasteiger partial charge in [-0.2, -0.15) is 0 Å². The first kappa shape index (κ1) is 11.0. The maximum Gasteiger partial charge on any atom is 0.102 e. The predicted octanol–water partition coefficient (Wildman–Crippen LogP) is 1.49. The standard InChI is InChI=1S/C11H24NO/c1-4-5-12(6-7-13)8-10(2)11(3)9-12/h10-11,13H,4-9H2,1-3H3/q+1. The summed E-state index contributed by atoms with van der Waals surface area (Å²) in [6.07, 6.45) is 1.24. The van der Waals surface area contributed by atoms with Crippen LogP contribution in [0, 0.1) is 11.8 Å². The van der Waals surface area contributed by atoms with Gasteiger partial charge in [-0.1, -0.05) is 20.8 Å². The molecular weight excluding hydrogens is 162 g/mol. The van der Waals surface area contributed by atoms with Crippen molar-refractivity contribution in [2.45, 2.75) is 27.2 Å². The summed E-state index contributed by atoms with van der Waals surface area (Å²) < 4.78 is 1.16. The Morgan fingerprint density at radius 2 is 1.69 bits per heavy atom. The topological polar surface area (TPSA) is 20.2 Å². The second-order valence-electron chi connectivity index (χ2n) is 4.83. The van der Waals surface area contributed by atoms with Crippen LogP contribution in [-0.2, 0) is 0 Å². The molecule has 2 heteroatoms. The zero-order chi connectivity index (χ0) is 9.90. The van der Waals surface area contributed by atoms with E-state index in [4.69, 9.17) is 5.11 Å². The van der Waals surface area contributed by atoms with Crippen LogP contribution in [0.5, 0.6) is 0 Å². The summed E-state index contributed by atoms with van der Waals surface area (Å²) in [6, 6.07) is 0. The number of aliphatic hydroxyl groups is 1. The Balaban J connectivity index is 2.58. The molecule has 0 radical (unpaired) electrons. The smallest absolute Gasteiger partial charge is 0.102 e. The summed E-state index contributed by atoms with van der Waals surface area (Å²) in [5.74, 6) is 1.66. The Morgan fingerprint density at radius 1 is 1.15 bits per heavy atom. The van der Waals surface area contributed by atoms with Crippen LogP contribution in [0.25, 0.3) is 0 Å². The van der Waals surface area contributed by atoms with Gasteiger partial charge in [-0.15, -0.1) is 0 Å². The SMILES string of the molecule is CCC[N+]1(CCO)CC(C)C(C)C1. The molecule has 2 atom stereocenters. The van der Waals surface area contributed by atoms with E-state index in [1.54, 1.807) is 0 Å². The minimum Gasteiger partial charge on any atom is -0.391 e. The zero-order valence-corrected chi connectivity index (χ0v) is 9.29. The minimum atomic E-state index is 0.347. The Labute approximate surface area is 82.1 Å². The molecule has 1 aliphatic rings. The van der Waals surface area contributed by atoms with Crippen molar-refractivity contribution < 1.29 is 9.59 Å². The number of hydrogen-bond acceptors (Lipinski definition) is 1. The molecule has 0 aromatic heterocycles. The molecule has 0 bridgehead atoms. The molecule has 1 fully saturated rings. The fraction of sp³-hybridized carbons (Fsp3) is 1.00. The fourth-order valence-electron chi connectivity index (χ4n) is 2.82. The third kappa shape index (κ3) is 2.44. The van der Waals surface area contributed by atoms with E-state index in [1.165, 1.54) is 26.1 Å². The van der Waals surface area contributed by atoms with Crippen LogP contribution in [0.4, 0.5) is 0 Å². The van der Waals surface area contributed by atoms with Crippen molar-refractivity contribution in [3.05, 3.63) is 0 Å². The lowest BCUT2D eigenvalue weighted by atomic mass is 10.0. The van der Waals surface area contributed by atoms with E-state index in [0.29, 0.717) is 6.61 Å². The molecule has 13 heavy (non-hydrogen) atoms. The van der Waals surface area contributed by atoms with Gasteiger partial charge in [0.25, 0.3) is 0 Å². The molecule has 1 N–H and O–H groups in total. The van der Waals surface area contributed by atoms with Crippen LogP contribution in [-0.4, -0.2) is 42.4 Å². The van der Waals surface area contributed by atoms with Crippen LogP contribution in [0.1, 0.15) is 27.2 Å². The first-order valence-corrected chi connectivity index (χ1v) is 5.59. The lowest BCUT2D eigenvalue weighted by Gasteiger charge is -2.34. The Bertz CT molecular complexity index is 140. The summed E-state index contributed by atoms with van der Waals surface area (Å²) in [4.78, 5) is 0. The van der Waals surface area contributed by atoms with E-state index in [-0.39, 0.29) is 0 Å². The summed E-state index contributed by atoms with van der Waals surface area (Å²) in [5, 5.41) is 9.08. The largest absolute Gasteiger partial charge is 0.391 e. The number of aliphatic hydroxyl groups excluding tert-OH is 1. The highest BCUT2D eigenvalue weighted by atomic mass is 16.3. The van der Waals surface area contributed by atoms with Crippen LogP contribution in [0.2, 0.25) is 0 Å². The Morgan fingerprint density at radius 3 is 2.08 bits per heavy atom. The molecule has 0 aliphatic carbocycles. The van der Waals surface area contributed by atoms with E-state index < -0.39 is 0 Å². The fourth-order valence-corrected chi connectivity index (χ4v) is 2.82. The van der Waals surface area contributed by atoms with Crippen LogP contribution in [0.3, 0.4) is 0 Å². The molecule has 0 spiro atoms. The molecule has 78 valence electrons. The quantitative estimate of drug-likeness (QED) is 0.660. The monoisotopic (exact) mass is 186 g/mol. The highest BCUT2D eigenvalue weighted by molar-refractivity contribution is 4.69. The number of likely N-dealkylation sites (tertiary alicyclic amines) is 1. The number of hydrogen-bond donors (Lipinski definition) is 1. The summed E-state index contributed by atoms with van der Waals surface area (Å²) in [5.41, 5.74) is 0. The molecule has 0 aromatic carbocycles. The minimum absolute atomic E-state index is 0.347. The molecule has 1 saturated heterocycles. The summed E-state index contributed by atoms with van der Waals surface area (Å²) in [6.45, 7) is 12.0. The normalized spacial score (nSPS) is 39.7. The third-order valence-electron chi connectivity index (χ3n) is 3.59. The Kier molecular flexibility index (Phi) is 3.74. The van der Waals surface area contributed by atoms with Gasteiger partial charge < -0.3 is 9.59 Å². The number of rotatable bonds is 4. The van der Waals surface area contributed by atoms with Gasteiger partial charge in [-0.3, -0.25) is 0 Å². The molecule has 2 unspecified atom stereocenters. The van der Waals surface area contributed by atoms with Crippen LogP contribution in [0.15, 0.2) is 0 Å². The van der Waals surface area contributed by atoms with Crippen molar-refractivity contribution in [3.63, 3.8) is 0 Å². The predicted molar refractivity (Wildman–Crippen MR) is 55.4 cm³/mol. The summed E-state index contributed by atoms with van der Waals surface area (Å²) >= 11 is 0. The van der Waals surface area contributed by atoms with E-state index in [0.717, 1.165) is 22.9 Å². The van der Waals surface area contributed by atoms with Crippen molar-refractivity contribution in [3.8, 4) is 0 Å². The maximum atomic E-state index is 9.08. The molecule has 0 amide bonds. The van der Waals surface area contributed by atoms with Crippen LogP contribution < -0.4 is 0 Å². The zero-order valence-electron chi connectivity index (χ0n) is 9.29. The Hall–Kier alpha value is -0.0800. The second-order valence-corrected chi connectivity index (χ2v) is 4.83. The van der Waals surface area contributed by atoms with Gasteiger partial charge in [0.15, 0.2) is 0 Å². The van der Waals surface area contributed by atoms with Crippen LogP contribution >= 0.6 is 0 Å². The maximum absolute atomic E-state index is 9.08.